The van der Waals surface area contributed by atoms with Crippen LogP contribution in [-0.2, 0) is 0 Å². The maximum absolute atomic E-state index is 12.1. The summed E-state index contributed by atoms with van der Waals surface area (Å²) in [6.45, 7) is 4.13. The monoisotopic (exact) mass is 331 g/mol. The Bertz CT molecular complexity index is 572. The van der Waals surface area contributed by atoms with Gasteiger partial charge in [0, 0.05) is 36.2 Å². The van der Waals surface area contributed by atoms with Crippen molar-refractivity contribution in [2.24, 2.45) is 5.73 Å². The van der Waals surface area contributed by atoms with Crippen LogP contribution in [0.2, 0.25) is 0 Å². The molecule has 3 N–H and O–H groups in total. The second kappa shape index (κ2) is 7.97. The van der Waals surface area contributed by atoms with E-state index < -0.39 is 5.54 Å². The lowest BCUT2D eigenvalue weighted by molar-refractivity contribution is 0.0915. The molecule has 0 unspecified atom stereocenters. The summed E-state index contributed by atoms with van der Waals surface area (Å²) in [4.78, 5) is 20.3. The average Bonchev–Trinajstić information content (AvgIpc) is 2.92. The summed E-state index contributed by atoms with van der Waals surface area (Å²) in [6, 6.07) is 3.38. The standard InChI is InChI=1S/C13H17N5O.2ClH/c1-13(2,8-14)17-12(19)10-3-4-16-11(7-10)18-6-5-15-9-18;;/h3-7,9H,8,14H2,1-2H3,(H,17,19);2*1H. The molecular formula is C13H19Cl2N5O. The molecule has 116 valence electrons. The van der Waals surface area contributed by atoms with Gasteiger partial charge < -0.3 is 11.1 Å². The smallest absolute Gasteiger partial charge is 0.251 e. The van der Waals surface area contributed by atoms with E-state index >= 15 is 0 Å². The van der Waals surface area contributed by atoms with Crippen LogP contribution in [-0.4, -0.2) is 32.5 Å². The molecule has 6 nitrogen and oxygen atoms in total. The number of carbonyl (C=O) groups excluding carboxylic acids is 1. The summed E-state index contributed by atoms with van der Waals surface area (Å²) < 4.78 is 1.74. The molecule has 21 heavy (non-hydrogen) atoms. The van der Waals surface area contributed by atoms with Crippen LogP contribution in [0.1, 0.15) is 24.2 Å². The molecule has 0 aliphatic heterocycles. The SMILES string of the molecule is CC(C)(CN)NC(=O)c1ccnc(-n2ccnc2)c1.Cl.Cl. The van der Waals surface area contributed by atoms with Crippen LogP contribution in [0.15, 0.2) is 37.1 Å². The summed E-state index contributed by atoms with van der Waals surface area (Å²) in [5, 5.41) is 2.88. The molecule has 0 saturated heterocycles. The number of nitrogens with one attached hydrogen (secondary N) is 1. The highest BCUT2D eigenvalue weighted by Crippen LogP contribution is 2.08. The van der Waals surface area contributed by atoms with Gasteiger partial charge in [0.2, 0.25) is 0 Å². The number of amides is 1. The molecule has 2 aromatic rings. The lowest BCUT2D eigenvalue weighted by Gasteiger charge is -2.24. The number of pyridine rings is 1. The summed E-state index contributed by atoms with van der Waals surface area (Å²) in [5.74, 6) is 0.481. The largest absolute Gasteiger partial charge is 0.346 e. The number of hydrogen-bond acceptors (Lipinski definition) is 4. The van der Waals surface area contributed by atoms with Gasteiger partial charge in [-0.05, 0) is 26.0 Å². The predicted molar refractivity (Wildman–Crippen MR) is 86.5 cm³/mol. The Morgan fingerprint density at radius 3 is 2.67 bits per heavy atom. The fourth-order valence-corrected chi connectivity index (χ4v) is 1.53. The van der Waals surface area contributed by atoms with Crippen LogP contribution in [0.5, 0.6) is 0 Å². The van der Waals surface area contributed by atoms with E-state index in [2.05, 4.69) is 15.3 Å². The van der Waals surface area contributed by atoms with Crippen LogP contribution in [0.3, 0.4) is 0 Å². The van der Waals surface area contributed by atoms with Crippen LogP contribution in [0.4, 0.5) is 0 Å². The van der Waals surface area contributed by atoms with E-state index in [4.69, 9.17) is 5.73 Å². The van der Waals surface area contributed by atoms with Gasteiger partial charge >= 0.3 is 0 Å². The highest BCUT2D eigenvalue weighted by atomic mass is 35.5. The van der Waals surface area contributed by atoms with Gasteiger partial charge in [-0.25, -0.2) is 9.97 Å². The molecule has 0 aromatic carbocycles. The van der Waals surface area contributed by atoms with E-state index in [0.29, 0.717) is 17.9 Å². The molecule has 0 fully saturated rings. The highest BCUT2D eigenvalue weighted by Gasteiger charge is 2.19. The molecule has 2 rings (SSSR count). The third-order valence-electron chi connectivity index (χ3n) is 2.74. The van der Waals surface area contributed by atoms with E-state index in [9.17, 15) is 4.79 Å². The van der Waals surface area contributed by atoms with Gasteiger partial charge in [-0.3, -0.25) is 9.36 Å². The first-order valence-corrected chi connectivity index (χ1v) is 5.99. The minimum Gasteiger partial charge on any atom is -0.346 e. The first kappa shape index (κ1) is 19.4. The van der Waals surface area contributed by atoms with Crippen molar-refractivity contribution in [2.45, 2.75) is 19.4 Å². The Labute approximate surface area is 136 Å². The van der Waals surface area contributed by atoms with Gasteiger partial charge in [0.05, 0.1) is 0 Å². The third kappa shape index (κ3) is 5.00. The predicted octanol–water partition coefficient (Wildman–Crippen LogP) is 1.58. The summed E-state index contributed by atoms with van der Waals surface area (Å²) in [5.41, 5.74) is 5.71. The van der Waals surface area contributed by atoms with Gasteiger partial charge in [-0.2, -0.15) is 0 Å². The molecule has 0 radical (unpaired) electrons. The van der Waals surface area contributed by atoms with Crippen LogP contribution in [0, 0.1) is 0 Å². The molecule has 0 bridgehead atoms. The first-order chi connectivity index (χ1) is 9.02. The Balaban J connectivity index is 0.00000200. The number of nitrogens with zero attached hydrogens (tertiary/aromatic N) is 3. The van der Waals surface area contributed by atoms with Gasteiger partial charge in [0.15, 0.2) is 0 Å². The lowest BCUT2D eigenvalue weighted by Crippen LogP contribution is -2.48. The van der Waals surface area contributed by atoms with Crippen molar-refractivity contribution in [2.75, 3.05) is 6.54 Å². The molecule has 0 atom stereocenters. The van der Waals surface area contributed by atoms with Crippen molar-refractivity contribution >= 4 is 30.7 Å². The average molecular weight is 332 g/mol. The van der Waals surface area contributed by atoms with Crippen LogP contribution < -0.4 is 11.1 Å². The maximum Gasteiger partial charge on any atom is 0.251 e. The zero-order valence-corrected chi connectivity index (χ0v) is 13.4. The molecule has 2 aromatic heterocycles. The Kier molecular flexibility index (Phi) is 7.35. The van der Waals surface area contributed by atoms with Gasteiger partial charge in [0.1, 0.15) is 12.1 Å². The van der Waals surface area contributed by atoms with E-state index in [1.807, 2.05) is 13.8 Å². The number of rotatable bonds is 4. The fourth-order valence-electron chi connectivity index (χ4n) is 1.53. The summed E-state index contributed by atoms with van der Waals surface area (Å²) >= 11 is 0. The second-order valence-electron chi connectivity index (χ2n) is 4.91. The highest BCUT2D eigenvalue weighted by molar-refractivity contribution is 5.95. The zero-order chi connectivity index (χ0) is 13.9. The van der Waals surface area contributed by atoms with E-state index in [-0.39, 0.29) is 30.7 Å². The summed E-state index contributed by atoms with van der Waals surface area (Å²) in [6.07, 6.45) is 6.66. The normalized spacial score (nSPS) is 10.2. The number of imidazole rings is 1. The summed E-state index contributed by atoms with van der Waals surface area (Å²) in [7, 11) is 0. The van der Waals surface area contributed by atoms with Crippen molar-refractivity contribution < 1.29 is 4.79 Å². The molecule has 0 aliphatic carbocycles. The van der Waals surface area contributed by atoms with E-state index in [1.54, 1.807) is 41.6 Å². The van der Waals surface area contributed by atoms with Crippen LogP contribution >= 0.6 is 24.8 Å². The Morgan fingerprint density at radius 1 is 1.38 bits per heavy atom. The molecule has 1 amide bonds. The lowest BCUT2D eigenvalue weighted by atomic mass is 10.1. The molecule has 8 heteroatoms. The molecule has 2 heterocycles. The first-order valence-electron chi connectivity index (χ1n) is 5.99. The zero-order valence-electron chi connectivity index (χ0n) is 11.8. The minimum absolute atomic E-state index is 0. The van der Waals surface area contributed by atoms with Crippen molar-refractivity contribution in [1.82, 2.24) is 19.9 Å². The Hall–Kier alpha value is -1.63. The van der Waals surface area contributed by atoms with Crippen molar-refractivity contribution in [3.05, 3.63) is 42.6 Å². The number of carbonyl (C=O) groups is 1. The number of hydrogen-bond donors (Lipinski definition) is 2. The molecule has 0 spiro atoms. The second-order valence-corrected chi connectivity index (χ2v) is 4.91. The number of nitrogens with two attached hydrogens (primary N) is 1. The number of aromatic nitrogens is 3. The maximum atomic E-state index is 12.1. The van der Waals surface area contributed by atoms with Gasteiger partial charge in [0.25, 0.3) is 5.91 Å². The van der Waals surface area contributed by atoms with E-state index in [0.717, 1.165) is 0 Å². The third-order valence-corrected chi connectivity index (χ3v) is 2.74. The number of halogens is 2. The molecule has 0 saturated carbocycles. The molecule has 0 aliphatic rings. The van der Waals surface area contributed by atoms with Gasteiger partial charge in [-0.15, -0.1) is 24.8 Å². The van der Waals surface area contributed by atoms with E-state index in [1.165, 1.54) is 0 Å². The minimum atomic E-state index is -0.435. The molecular weight excluding hydrogens is 313 g/mol. The topological polar surface area (TPSA) is 85.8 Å². The van der Waals surface area contributed by atoms with Crippen molar-refractivity contribution in [3.8, 4) is 5.82 Å². The Morgan fingerprint density at radius 2 is 2.10 bits per heavy atom. The fraction of sp³-hybridized carbons (Fsp3) is 0.308. The van der Waals surface area contributed by atoms with Crippen molar-refractivity contribution in [3.63, 3.8) is 0 Å². The van der Waals surface area contributed by atoms with Crippen LogP contribution in [0.25, 0.3) is 5.82 Å². The van der Waals surface area contributed by atoms with Crippen molar-refractivity contribution in [1.29, 1.82) is 0 Å². The quantitative estimate of drug-likeness (QED) is 0.890. The van der Waals surface area contributed by atoms with Gasteiger partial charge in [-0.1, -0.05) is 0 Å².